The molecule has 0 bridgehead atoms. The van der Waals surface area contributed by atoms with Gasteiger partial charge in [0.25, 0.3) is 5.69 Å². The van der Waals surface area contributed by atoms with E-state index in [1.807, 2.05) is 53.5 Å². The SMILES string of the molecule is O=[N+]([O-])c1cccc([C@H]2[C@H]3CCC/C(=C\c4ccco4)C3=NN2c2ccccc2)c1. The summed E-state index contributed by atoms with van der Waals surface area (Å²) >= 11 is 0. The van der Waals surface area contributed by atoms with Crippen molar-refractivity contribution in [3.05, 3.63) is 100 Å². The highest BCUT2D eigenvalue weighted by Crippen LogP contribution is 2.46. The van der Waals surface area contributed by atoms with Crippen molar-refractivity contribution >= 4 is 23.2 Å². The zero-order valence-electron chi connectivity index (χ0n) is 16.3. The van der Waals surface area contributed by atoms with Crippen LogP contribution in [-0.2, 0) is 0 Å². The highest BCUT2D eigenvalue weighted by molar-refractivity contribution is 6.08. The molecule has 0 amide bonds. The zero-order chi connectivity index (χ0) is 20.5. The fourth-order valence-corrected chi connectivity index (χ4v) is 4.50. The number of para-hydroxylation sites is 1. The molecule has 2 aliphatic rings. The number of fused-ring (bicyclic) bond motifs is 1. The number of furan rings is 1. The van der Waals surface area contributed by atoms with Gasteiger partial charge >= 0.3 is 0 Å². The van der Waals surface area contributed by atoms with Gasteiger partial charge in [0.15, 0.2) is 0 Å². The van der Waals surface area contributed by atoms with Crippen molar-refractivity contribution in [2.45, 2.75) is 25.3 Å². The van der Waals surface area contributed by atoms with Gasteiger partial charge in [0.05, 0.1) is 28.6 Å². The summed E-state index contributed by atoms with van der Waals surface area (Å²) in [5.74, 6) is 0.987. The predicted molar refractivity (Wildman–Crippen MR) is 116 cm³/mol. The smallest absolute Gasteiger partial charge is 0.269 e. The molecule has 2 aromatic carbocycles. The van der Waals surface area contributed by atoms with Gasteiger partial charge in [-0.15, -0.1) is 0 Å². The van der Waals surface area contributed by atoms with Gasteiger partial charge in [0, 0.05) is 18.1 Å². The summed E-state index contributed by atoms with van der Waals surface area (Å²) in [5, 5.41) is 18.4. The van der Waals surface area contributed by atoms with Crippen LogP contribution >= 0.6 is 0 Å². The molecule has 0 spiro atoms. The van der Waals surface area contributed by atoms with E-state index >= 15 is 0 Å². The lowest BCUT2D eigenvalue weighted by atomic mass is 9.77. The van der Waals surface area contributed by atoms with Crippen LogP contribution in [-0.4, -0.2) is 10.6 Å². The largest absolute Gasteiger partial charge is 0.465 e. The van der Waals surface area contributed by atoms with Crippen LogP contribution in [0.5, 0.6) is 0 Å². The fourth-order valence-electron chi connectivity index (χ4n) is 4.50. The van der Waals surface area contributed by atoms with E-state index in [9.17, 15) is 10.1 Å². The number of non-ortho nitro benzene ring substituents is 1. The van der Waals surface area contributed by atoms with E-state index in [2.05, 4.69) is 6.08 Å². The summed E-state index contributed by atoms with van der Waals surface area (Å²) in [6, 6.07) is 20.7. The first-order valence-electron chi connectivity index (χ1n) is 10.1. The minimum Gasteiger partial charge on any atom is -0.465 e. The van der Waals surface area contributed by atoms with E-state index in [-0.39, 0.29) is 22.6 Å². The van der Waals surface area contributed by atoms with Crippen LogP contribution in [0.4, 0.5) is 11.4 Å². The number of anilines is 1. The van der Waals surface area contributed by atoms with E-state index in [1.165, 1.54) is 11.6 Å². The minimum atomic E-state index is -0.337. The number of hydrogen-bond donors (Lipinski definition) is 0. The summed E-state index contributed by atoms with van der Waals surface area (Å²) < 4.78 is 5.53. The van der Waals surface area contributed by atoms with Crippen molar-refractivity contribution in [1.82, 2.24) is 0 Å². The number of allylic oxidation sites excluding steroid dienone is 1. The van der Waals surface area contributed by atoms with Crippen LogP contribution < -0.4 is 5.01 Å². The van der Waals surface area contributed by atoms with Crippen molar-refractivity contribution in [2.24, 2.45) is 11.0 Å². The molecule has 1 aliphatic carbocycles. The Labute approximate surface area is 174 Å². The molecule has 0 N–H and O–H groups in total. The van der Waals surface area contributed by atoms with Crippen LogP contribution in [0.15, 0.2) is 88.1 Å². The standard InChI is InChI=1S/C24H21N3O3/c28-27(29)20-11-4-8-18(15-20)24-22-13-5-7-17(16-21-12-6-14-30-21)23(22)25-26(24)19-9-2-1-3-10-19/h1-4,6,8-12,14-16,22,24H,5,7,13H2/b17-16+/t22-,24-/m0/s1. The number of hydrogen-bond acceptors (Lipinski definition) is 5. The van der Waals surface area contributed by atoms with Crippen LogP contribution in [0.1, 0.15) is 36.6 Å². The molecule has 150 valence electrons. The molecular formula is C24H21N3O3. The number of nitro benzene ring substituents is 1. The van der Waals surface area contributed by atoms with Crippen LogP contribution in [0, 0.1) is 16.0 Å². The molecule has 3 aromatic rings. The maximum atomic E-state index is 11.4. The Bertz CT molecular complexity index is 1120. The molecule has 1 aromatic heterocycles. The first-order valence-corrected chi connectivity index (χ1v) is 10.1. The predicted octanol–water partition coefficient (Wildman–Crippen LogP) is 5.99. The minimum absolute atomic E-state index is 0.0809. The van der Waals surface area contributed by atoms with Gasteiger partial charge in [0.1, 0.15) is 5.76 Å². The molecule has 0 saturated heterocycles. The topological polar surface area (TPSA) is 71.9 Å². The Morgan fingerprint density at radius 3 is 2.73 bits per heavy atom. The average molecular weight is 399 g/mol. The molecule has 1 saturated carbocycles. The maximum absolute atomic E-state index is 11.4. The maximum Gasteiger partial charge on any atom is 0.269 e. The third-order valence-corrected chi connectivity index (χ3v) is 5.80. The number of nitrogens with zero attached hydrogens (tertiary/aromatic N) is 3. The Hall–Kier alpha value is -3.67. The first kappa shape index (κ1) is 18.4. The Morgan fingerprint density at radius 1 is 1.10 bits per heavy atom. The zero-order valence-corrected chi connectivity index (χ0v) is 16.3. The third-order valence-electron chi connectivity index (χ3n) is 5.80. The van der Waals surface area contributed by atoms with Crippen molar-refractivity contribution in [3.63, 3.8) is 0 Å². The summed E-state index contributed by atoms with van der Waals surface area (Å²) in [6.45, 7) is 0. The van der Waals surface area contributed by atoms with Crippen LogP contribution in [0.25, 0.3) is 6.08 Å². The van der Waals surface area contributed by atoms with Crippen molar-refractivity contribution < 1.29 is 9.34 Å². The molecule has 6 heteroatoms. The summed E-state index contributed by atoms with van der Waals surface area (Å²) in [5.41, 5.74) is 4.23. The molecule has 30 heavy (non-hydrogen) atoms. The monoisotopic (exact) mass is 399 g/mol. The van der Waals surface area contributed by atoms with Gasteiger partial charge < -0.3 is 4.42 Å². The van der Waals surface area contributed by atoms with Gasteiger partial charge in [-0.3, -0.25) is 15.1 Å². The molecule has 6 nitrogen and oxygen atoms in total. The lowest BCUT2D eigenvalue weighted by Gasteiger charge is -2.30. The van der Waals surface area contributed by atoms with Gasteiger partial charge in [-0.1, -0.05) is 30.3 Å². The van der Waals surface area contributed by atoms with Gasteiger partial charge in [-0.2, -0.15) is 5.10 Å². The van der Waals surface area contributed by atoms with Crippen LogP contribution in [0.3, 0.4) is 0 Å². The normalized spacial score (nSPS) is 22.1. The molecule has 0 unspecified atom stereocenters. The fraction of sp³-hybridized carbons (Fsp3) is 0.208. The van der Waals surface area contributed by atoms with Gasteiger partial charge in [-0.05, 0) is 60.7 Å². The molecule has 2 heterocycles. The number of nitro groups is 1. The molecule has 1 fully saturated rings. The van der Waals surface area contributed by atoms with E-state index < -0.39 is 0 Å². The van der Waals surface area contributed by atoms with E-state index in [0.29, 0.717) is 0 Å². The van der Waals surface area contributed by atoms with E-state index in [1.54, 1.807) is 18.4 Å². The Kier molecular flexibility index (Phi) is 4.67. The molecule has 2 atom stereocenters. The van der Waals surface area contributed by atoms with Crippen molar-refractivity contribution in [2.75, 3.05) is 5.01 Å². The Morgan fingerprint density at radius 2 is 1.97 bits per heavy atom. The van der Waals surface area contributed by atoms with Gasteiger partial charge in [0.2, 0.25) is 0 Å². The quantitative estimate of drug-likeness (QED) is 0.399. The highest BCUT2D eigenvalue weighted by atomic mass is 16.6. The number of rotatable bonds is 4. The number of hydrazone groups is 1. The summed E-state index contributed by atoms with van der Waals surface area (Å²) in [4.78, 5) is 11.0. The first-order chi connectivity index (χ1) is 14.7. The second-order valence-electron chi connectivity index (χ2n) is 7.65. The lowest BCUT2D eigenvalue weighted by molar-refractivity contribution is -0.384. The second kappa shape index (κ2) is 7.63. The molecule has 0 radical (unpaired) electrons. The Balaban J connectivity index is 1.61. The average Bonchev–Trinajstić information content (AvgIpc) is 3.43. The van der Waals surface area contributed by atoms with Crippen molar-refractivity contribution in [1.29, 1.82) is 0 Å². The van der Waals surface area contributed by atoms with Crippen LogP contribution in [0.2, 0.25) is 0 Å². The molecule has 1 aliphatic heterocycles. The lowest BCUT2D eigenvalue weighted by Crippen LogP contribution is -2.28. The summed E-state index contributed by atoms with van der Waals surface area (Å²) in [7, 11) is 0. The second-order valence-corrected chi connectivity index (χ2v) is 7.65. The van der Waals surface area contributed by atoms with Gasteiger partial charge in [-0.25, -0.2) is 0 Å². The van der Waals surface area contributed by atoms with E-state index in [4.69, 9.17) is 9.52 Å². The number of benzene rings is 2. The molecule has 5 rings (SSSR count). The third kappa shape index (κ3) is 3.30. The molecular weight excluding hydrogens is 378 g/mol. The van der Waals surface area contributed by atoms with Crippen molar-refractivity contribution in [3.8, 4) is 0 Å². The summed E-state index contributed by atoms with van der Waals surface area (Å²) in [6.07, 6.45) is 6.73. The highest BCUT2D eigenvalue weighted by Gasteiger charge is 2.42. The van der Waals surface area contributed by atoms with E-state index in [0.717, 1.165) is 42.0 Å².